The summed E-state index contributed by atoms with van der Waals surface area (Å²) < 4.78 is 24.0. The van der Waals surface area contributed by atoms with Gasteiger partial charge in [-0.2, -0.15) is 0 Å². The average molecular weight is 325 g/mol. The molecule has 128 valence electrons. The van der Waals surface area contributed by atoms with Gasteiger partial charge in [0.05, 0.1) is 12.3 Å². The van der Waals surface area contributed by atoms with Gasteiger partial charge in [-0.05, 0) is 32.1 Å². The molecular weight excluding hydrogens is 301 g/mol. The molecule has 2 amide bonds. The zero-order chi connectivity index (χ0) is 16.7. The number of likely N-dealkylation sites (N-methyl/N-ethyl adjacent to an activating group) is 1. The Morgan fingerprint density at radius 3 is 2.87 bits per heavy atom. The molecule has 1 aliphatic heterocycles. The maximum absolute atomic E-state index is 13.5. The topological polar surface area (TPSA) is 54.0 Å². The normalized spacial score (nSPS) is 16.0. The van der Waals surface area contributed by atoms with Crippen LogP contribution in [-0.4, -0.2) is 69.4 Å². The second-order valence-corrected chi connectivity index (χ2v) is 5.56. The molecule has 0 radical (unpaired) electrons. The number of amides is 2. The van der Waals surface area contributed by atoms with E-state index in [9.17, 15) is 9.18 Å². The first-order valence-corrected chi connectivity index (χ1v) is 7.76. The zero-order valence-corrected chi connectivity index (χ0v) is 13.7. The Hall–Kier alpha value is -1.86. The molecule has 1 aromatic rings. The van der Waals surface area contributed by atoms with E-state index in [2.05, 4.69) is 10.2 Å². The van der Waals surface area contributed by atoms with Crippen LogP contribution in [0.3, 0.4) is 0 Å². The summed E-state index contributed by atoms with van der Waals surface area (Å²) in [6.07, 6.45) is 0.921. The van der Waals surface area contributed by atoms with Gasteiger partial charge in [0, 0.05) is 32.8 Å². The SMILES string of the molecule is COCCOc1ccc(F)cc1NC(=O)N1CCCN(C)CC1. The van der Waals surface area contributed by atoms with Crippen LogP contribution in [0, 0.1) is 5.82 Å². The van der Waals surface area contributed by atoms with Crippen LogP contribution in [0.25, 0.3) is 0 Å². The highest BCUT2D eigenvalue weighted by Crippen LogP contribution is 2.25. The Morgan fingerprint density at radius 2 is 2.09 bits per heavy atom. The Morgan fingerprint density at radius 1 is 1.26 bits per heavy atom. The van der Waals surface area contributed by atoms with E-state index in [4.69, 9.17) is 9.47 Å². The average Bonchev–Trinajstić information content (AvgIpc) is 2.74. The monoisotopic (exact) mass is 325 g/mol. The number of nitrogens with zero attached hydrogens (tertiary/aromatic N) is 2. The minimum absolute atomic E-state index is 0.234. The highest BCUT2D eigenvalue weighted by Gasteiger charge is 2.19. The van der Waals surface area contributed by atoms with E-state index in [1.54, 1.807) is 12.0 Å². The van der Waals surface area contributed by atoms with Crippen molar-refractivity contribution in [2.24, 2.45) is 0 Å². The van der Waals surface area contributed by atoms with Crippen molar-refractivity contribution in [1.29, 1.82) is 0 Å². The summed E-state index contributed by atoms with van der Waals surface area (Å²) >= 11 is 0. The Balaban J connectivity index is 2.02. The van der Waals surface area contributed by atoms with E-state index in [1.807, 2.05) is 7.05 Å². The van der Waals surface area contributed by atoms with Gasteiger partial charge in [0.2, 0.25) is 0 Å². The fourth-order valence-electron chi connectivity index (χ4n) is 2.40. The predicted molar refractivity (Wildman–Crippen MR) is 86.5 cm³/mol. The van der Waals surface area contributed by atoms with Crippen LogP contribution >= 0.6 is 0 Å². The van der Waals surface area contributed by atoms with Crippen molar-refractivity contribution in [3.63, 3.8) is 0 Å². The molecule has 0 spiro atoms. The van der Waals surface area contributed by atoms with Crippen LogP contribution in [0.5, 0.6) is 5.75 Å². The third-order valence-corrected chi connectivity index (χ3v) is 3.73. The smallest absolute Gasteiger partial charge is 0.321 e. The number of halogens is 1. The molecule has 1 N–H and O–H groups in total. The second kappa shape index (κ2) is 8.69. The summed E-state index contributed by atoms with van der Waals surface area (Å²) in [5, 5.41) is 2.75. The molecule has 1 aromatic carbocycles. The molecule has 0 aliphatic carbocycles. The van der Waals surface area contributed by atoms with Crippen LogP contribution in [-0.2, 0) is 4.74 Å². The molecule has 2 rings (SSSR count). The van der Waals surface area contributed by atoms with Crippen molar-refractivity contribution in [2.45, 2.75) is 6.42 Å². The number of hydrogen-bond acceptors (Lipinski definition) is 4. The molecule has 0 atom stereocenters. The largest absolute Gasteiger partial charge is 0.489 e. The quantitative estimate of drug-likeness (QED) is 0.842. The van der Waals surface area contributed by atoms with E-state index in [-0.39, 0.29) is 6.03 Å². The van der Waals surface area contributed by atoms with E-state index in [0.717, 1.165) is 19.5 Å². The van der Waals surface area contributed by atoms with Crippen LogP contribution in [0.1, 0.15) is 6.42 Å². The molecule has 1 heterocycles. The number of hydrogen-bond donors (Lipinski definition) is 1. The number of carbonyl (C=O) groups excluding carboxylic acids is 1. The number of ether oxygens (including phenoxy) is 2. The van der Waals surface area contributed by atoms with Crippen molar-refractivity contribution in [3.8, 4) is 5.75 Å². The molecule has 23 heavy (non-hydrogen) atoms. The van der Waals surface area contributed by atoms with Crippen LogP contribution in [0.4, 0.5) is 14.9 Å². The molecule has 7 heteroatoms. The minimum atomic E-state index is -0.421. The maximum Gasteiger partial charge on any atom is 0.321 e. The number of benzene rings is 1. The minimum Gasteiger partial charge on any atom is -0.489 e. The molecule has 1 saturated heterocycles. The van der Waals surface area contributed by atoms with Gasteiger partial charge in [0.25, 0.3) is 0 Å². The number of rotatable bonds is 5. The van der Waals surface area contributed by atoms with Crippen molar-refractivity contribution >= 4 is 11.7 Å². The Labute approximate surface area is 136 Å². The van der Waals surface area contributed by atoms with Crippen molar-refractivity contribution in [2.75, 3.05) is 58.9 Å². The van der Waals surface area contributed by atoms with Gasteiger partial charge < -0.3 is 24.6 Å². The fourth-order valence-corrected chi connectivity index (χ4v) is 2.40. The lowest BCUT2D eigenvalue weighted by atomic mass is 10.3. The Kier molecular flexibility index (Phi) is 6.61. The second-order valence-electron chi connectivity index (χ2n) is 5.56. The first-order chi connectivity index (χ1) is 11.1. The van der Waals surface area contributed by atoms with Gasteiger partial charge >= 0.3 is 6.03 Å². The van der Waals surface area contributed by atoms with E-state index in [0.29, 0.717) is 37.7 Å². The van der Waals surface area contributed by atoms with Crippen molar-refractivity contribution in [1.82, 2.24) is 9.80 Å². The summed E-state index contributed by atoms with van der Waals surface area (Å²) in [6, 6.07) is 3.85. The van der Waals surface area contributed by atoms with Crippen LogP contribution < -0.4 is 10.1 Å². The van der Waals surface area contributed by atoms with Crippen molar-refractivity contribution in [3.05, 3.63) is 24.0 Å². The van der Waals surface area contributed by atoms with Gasteiger partial charge in [-0.1, -0.05) is 0 Å². The number of nitrogens with one attached hydrogen (secondary N) is 1. The van der Waals surface area contributed by atoms with Gasteiger partial charge in [-0.3, -0.25) is 0 Å². The van der Waals surface area contributed by atoms with Crippen LogP contribution in [0.15, 0.2) is 18.2 Å². The van der Waals surface area contributed by atoms with Gasteiger partial charge in [0.15, 0.2) is 0 Å². The standard InChI is InChI=1S/C16H24FN3O3/c1-19-6-3-7-20(9-8-19)16(21)18-14-12-13(17)4-5-15(14)23-11-10-22-2/h4-5,12H,3,6-11H2,1-2H3,(H,18,21). The molecule has 6 nitrogen and oxygen atoms in total. The molecule has 1 aliphatic rings. The van der Waals surface area contributed by atoms with Gasteiger partial charge in [-0.25, -0.2) is 9.18 Å². The summed E-state index contributed by atoms with van der Waals surface area (Å²) in [5.41, 5.74) is 0.337. The van der Waals surface area contributed by atoms with Crippen LogP contribution in [0.2, 0.25) is 0 Å². The summed E-state index contributed by atoms with van der Waals surface area (Å²) in [5.74, 6) is 0.0127. The van der Waals surface area contributed by atoms with Gasteiger partial charge in [0.1, 0.15) is 18.2 Å². The number of anilines is 1. The highest BCUT2D eigenvalue weighted by atomic mass is 19.1. The van der Waals surface area contributed by atoms with Gasteiger partial charge in [-0.15, -0.1) is 0 Å². The predicted octanol–water partition coefficient (Wildman–Crippen LogP) is 2.02. The fraction of sp³-hybridized carbons (Fsp3) is 0.562. The number of carbonyl (C=O) groups is 1. The summed E-state index contributed by atoms with van der Waals surface area (Å²) in [6.45, 7) is 3.88. The first-order valence-electron chi connectivity index (χ1n) is 7.76. The summed E-state index contributed by atoms with van der Waals surface area (Å²) in [4.78, 5) is 16.3. The van der Waals surface area contributed by atoms with E-state index >= 15 is 0 Å². The lowest BCUT2D eigenvalue weighted by molar-refractivity contribution is 0.146. The third-order valence-electron chi connectivity index (χ3n) is 3.73. The summed E-state index contributed by atoms with van der Waals surface area (Å²) in [7, 11) is 3.61. The molecule has 1 fully saturated rings. The molecule has 0 aromatic heterocycles. The number of methoxy groups -OCH3 is 1. The lowest BCUT2D eigenvalue weighted by Crippen LogP contribution is -2.37. The van der Waals surface area contributed by atoms with E-state index < -0.39 is 5.82 Å². The van der Waals surface area contributed by atoms with Crippen molar-refractivity contribution < 1.29 is 18.7 Å². The van der Waals surface area contributed by atoms with E-state index in [1.165, 1.54) is 18.2 Å². The molecular formula is C16H24FN3O3. The highest BCUT2D eigenvalue weighted by molar-refractivity contribution is 5.91. The molecule has 0 unspecified atom stereocenters. The lowest BCUT2D eigenvalue weighted by Gasteiger charge is -2.22. The molecule has 0 bridgehead atoms. The maximum atomic E-state index is 13.5. The molecule has 0 saturated carbocycles. The first kappa shape index (κ1) is 17.5. The zero-order valence-electron chi connectivity index (χ0n) is 13.7. The third kappa shape index (κ3) is 5.37. The Bertz CT molecular complexity index is 527. The number of urea groups is 1.